The van der Waals surface area contributed by atoms with Crippen LogP contribution >= 0.6 is 0 Å². The van der Waals surface area contributed by atoms with E-state index in [-0.39, 0.29) is 6.04 Å². The van der Waals surface area contributed by atoms with Gasteiger partial charge in [0.15, 0.2) is 0 Å². The molecule has 1 fully saturated rings. The van der Waals surface area contributed by atoms with E-state index in [1.807, 2.05) is 24.4 Å². The first-order chi connectivity index (χ1) is 14.7. The van der Waals surface area contributed by atoms with Crippen molar-refractivity contribution in [3.05, 3.63) is 89.7 Å². The lowest BCUT2D eigenvalue weighted by atomic mass is 9.92. The minimum absolute atomic E-state index is 0.165. The summed E-state index contributed by atoms with van der Waals surface area (Å²) in [6.45, 7) is 2.88. The van der Waals surface area contributed by atoms with E-state index in [0.717, 1.165) is 42.6 Å². The molecule has 2 aromatic carbocycles. The van der Waals surface area contributed by atoms with Crippen LogP contribution < -0.4 is 0 Å². The van der Waals surface area contributed by atoms with Crippen molar-refractivity contribution in [1.29, 1.82) is 0 Å². The maximum Gasteiger partial charge on any atom is 0.320 e. The molecule has 4 heteroatoms. The number of carboxylic acids is 1. The predicted octanol–water partition coefficient (Wildman–Crippen LogP) is 5.34. The number of nitrogens with zero attached hydrogens (tertiary/aromatic N) is 2. The number of hydrogen-bond acceptors (Lipinski definition) is 3. The van der Waals surface area contributed by atoms with Crippen LogP contribution in [0.25, 0.3) is 11.1 Å². The number of aliphatic carboxylic acids is 1. The molecule has 1 saturated heterocycles. The molecular formula is C26H28N2O2. The van der Waals surface area contributed by atoms with Gasteiger partial charge in [-0.05, 0) is 54.1 Å². The molecule has 4 rings (SSSR count). The maximum atomic E-state index is 12.0. The molecule has 0 aliphatic carbocycles. The lowest BCUT2D eigenvalue weighted by molar-refractivity contribution is -0.145. The fourth-order valence-electron chi connectivity index (χ4n) is 4.36. The highest BCUT2D eigenvalue weighted by molar-refractivity contribution is 5.73. The van der Waals surface area contributed by atoms with Gasteiger partial charge in [-0.3, -0.25) is 14.7 Å². The van der Waals surface area contributed by atoms with Gasteiger partial charge in [0.05, 0.1) is 11.7 Å². The Morgan fingerprint density at radius 2 is 1.77 bits per heavy atom. The number of likely N-dealkylation sites (tertiary alicyclic amines) is 1. The molecule has 0 bridgehead atoms. The first-order valence-electron chi connectivity index (χ1n) is 10.8. The van der Waals surface area contributed by atoms with Gasteiger partial charge in [-0.1, -0.05) is 74.0 Å². The maximum absolute atomic E-state index is 12.0. The highest BCUT2D eigenvalue weighted by atomic mass is 16.4. The summed E-state index contributed by atoms with van der Waals surface area (Å²) in [6, 6.07) is 22.3. The zero-order chi connectivity index (χ0) is 20.9. The van der Waals surface area contributed by atoms with Gasteiger partial charge in [0.2, 0.25) is 0 Å². The van der Waals surface area contributed by atoms with Crippen molar-refractivity contribution in [3.63, 3.8) is 0 Å². The topological polar surface area (TPSA) is 53.4 Å². The molecule has 0 radical (unpaired) electrons. The van der Waals surface area contributed by atoms with Crippen molar-refractivity contribution in [3.8, 4) is 11.1 Å². The normalized spacial score (nSPS) is 18.1. The highest BCUT2D eigenvalue weighted by Gasteiger charge is 2.35. The van der Waals surface area contributed by atoms with Crippen molar-refractivity contribution in [1.82, 2.24) is 9.88 Å². The van der Waals surface area contributed by atoms with Crippen molar-refractivity contribution in [2.45, 2.75) is 44.7 Å². The van der Waals surface area contributed by atoms with Crippen LogP contribution in [0.2, 0.25) is 0 Å². The summed E-state index contributed by atoms with van der Waals surface area (Å²) in [5.41, 5.74) is 5.51. The van der Waals surface area contributed by atoms with E-state index in [0.29, 0.717) is 6.42 Å². The Bertz CT molecular complexity index is 968. The SMILES string of the molecule is CCc1ccc(C(c2ccc(-c3ccccc3)cc2)N2CCCCC2C(=O)O)nc1. The number of rotatable bonds is 6. The largest absolute Gasteiger partial charge is 0.480 e. The fraction of sp³-hybridized carbons (Fsp3) is 0.308. The summed E-state index contributed by atoms with van der Waals surface area (Å²) in [4.78, 5) is 18.9. The number of benzene rings is 2. The van der Waals surface area contributed by atoms with Gasteiger partial charge in [0.25, 0.3) is 0 Å². The van der Waals surface area contributed by atoms with Gasteiger partial charge in [0, 0.05) is 6.20 Å². The Morgan fingerprint density at radius 1 is 1.03 bits per heavy atom. The smallest absolute Gasteiger partial charge is 0.320 e. The first kappa shape index (κ1) is 20.3. The van der Waals surface area contributed by atoms with Gasteiger partial charge < -0.3 is 5.11 Å². The Labute approximate surface area is 178 Å². The van der Waals surface area contributed by atoms with Gasteiger partial charge >= 0.3 is 5.97 Å². The third-order valence-electron chi connectivity index (χ3n) is 6.03. The van der Waals surface area contributed by atoms with E-state index in [1.54, 1.807) is 0 Å². The third kappa shape index (κ3) is 4.29. The molecule has 4 nitrogen and oxygen atoms in total. The zero-order valence-electron chi connectivity index (χ0n) is 17.4. The van der Waals surface area contributed by atoms with Crippen molar-refractivity contribution in [2.24, 2.45) is 0 Å². The molecule has 154 valence electrons. The lowest BCUT2D eigenvalue weighted by Gasteiger charge is -2.39. The molecule has 2 unspecified atom stereocenters. The van der Waals surface area contributed by atoms with Gasteiger partial charge in [-0.2, -0.15) is 0 Å². The molecule has 1 aromatic heterocycles. The van der Waals surface area contributed by atoms with Crippen LogP contribution in [0.4, 0.5) is 0 Å². The summed E-state index contributed by atoms with van der Waals surface area (Å²) in [5, 5.41) is 9.86. The van der Waals surface area contributed by atoms with E-state index in [1.165, 1.54) is 11.1 Å². The minimum Gasteiger partial charge on any atom is -0.480 e. The second-order valence-electron chi connectivity index (χ2n) is 7.92. The average Bonchev–Trinajstić information content (AvgIpc) is 2.81. The standard InChI is InChI=1S/C26H28N2O2/c1-2-19-11-16-23(27-18-19)25(28-17-7-6-10-24(28)26(29)30)22-14-12-21(13-15-22)20-8-4-3-5-9-20/h3-5,8-9,11-16,18,24-25H,2,6-7,10,17H2,1H3,(H,29,30). The second-order valence-corrected chi connectivity index (χ2v) is 7.92. The molecule has 2 atom stereocenters. The number of carboxylic acid groups (broad SMARTS) is 1. The Kier molecular flexibility index (Phi) is 6.24. The van der Waals surface area contributed by atoms with E-state index < -0.39 is 12.0 Å². The fourth-order valence-corrected chi connectivity index (χ4v) is 4.36. The second kappa shape index (κ2) is 9.23. The van der Waals surface area contributed by atoms with Crippen molar-refractivity contribution >= 4 is 5.97 Å². The molecule has 1 aliphatic rings. The van der Waals surface area contributed by atoms with Crippen LogP contribution in [0.1, 0.15) is 49.0 Å². The number of pyridine rings is 1. The number of aryl methyl sites for hydroxylation is 1. The molecular weight excluding hydrogens is 372 g/mol. The van der Waals surface area contributed by atoms with Gasteiger partial charge in [-0.15, -0.1) is 0 Å². The molecule has 0 spiro atoms. The summed E-state index contributed by atoms with van der Waals surface area (Å²) < 4.78 is 0. The van der Waals surface area contributed by atoms with Gasteiger partial charge in [0.1, 0.15) is 6.04 Å². The first-order valence-corrected chi connectivity index (χ1v) is 10.8. The molecule has 2 heterocycles. The van der Waals surface area contributed by atoms with Crippen LogP contribution in [-0.4, -0.2) is 33.5 Å². The summed E-state index contributed by atoms with van der Waals surface area (Å²) in [5.74, 6) is -0.745. The van der Waals surface area contributed by atoms with Crippen LogP contribution in [0.3, 0.4) is 0 Å². The molecule has 30 heavy (non-hydrogen) atoms. The number of aromatic nitrogens is 1. The monoisotopic (exact) mass is 400 g/mol. The van der Waals surface area contributed by atoms with E-state index >= 15 is 0 Å². The van der Waals surface area contributed by atoms with E-state index in [4.69, 9.17) is 4.98 Å². The summed E-state index contributed by atoms with van der Waals surface area (Å²) >= 11 is 0. The van der Waals surface area contributed by atoms with Crippen LogP contribution in [0.15, 0.2) is 72.9 Å². The minimum atomic E-state index is -0.745. The molecule has 0 amide bonds. The summed E-state index contributed by atoms with van der Waals surface area (Å²) in [6.07, 6.45) is 5.50. The molecule has 1 aliphatic heterocycles. The van der Waals surface area contributed by atoms with Crippen molar-refractivity contribution < 1.29 is 9.90 Å². The molecule has 3 aromatic rings. The van der Waals surface area contributed by atoms with Crippen LogP contribution in [-0.2, 0) is 11.2 Å². The Morgan fingerprint density at radius 3 is 2.40 bits per heavy atom. The number of carbonyl (C=O) groups is 1. The van der Waals surface area contributed by atoms with Crippen LogP contribution in [0, 0.1) is 0 Å². The van der Waals surface area contributed by atoms with E-state index in [9.17, 15) is 9.90 Å². The third-order valence-corrected chi connectivity index (χ3v) is 6.03. The van der Waals surface area contributed by atoms with Crippen LogP contribution in [0.5, 0.6) is 0 Å². The predicted molar refractivity (Wildman–Crippen MR) is 119 cm³/mol. The lowest BCUT2D eigenvalue weighted by Crippen LogP contribution is -2.47. The summed E-state index contributed by atoms with van der Waals surface area (Å²) in [7, 11) is 0. The van der Waals surface area contributed by atoms with Crippen molar-refractivity contribution in [2.75, 3.05) is 6.54 Å². The van der Waals surface area contributed by atoms with E-state index in [2.05, 4.69) is 60.4 Å². The Hall–Kier alpha value is -2.98. The van der Waals surface area contributed by atoms with Gasteiger partial charge in [-0.25, -0.2) is 0 Å². The average molecular weight is 401 g/mol. The quantitative estimate of drug-likeness (QED) is 0.607. The molecule has 0 saturated carbocycles. The molecule has 1 N–H and O–H groups in total. The Balaban J connectivity index is 1.73. The zero-order valence-corrected chi connectivity index (χ0v) is 17.4. The number of piperidine rings is 1. The number of hydrogen-bond donors (Lipinski definition) is 1. The highest BCUT2D eigenvalue weighted by Crippen LogP contribution is 2.34.